The number of nitrogens with one attached hydrogen (secondary N) is 1. The Morgan fingerprint density at radius 1 is 1.53 bits per heavy atom. The standard InChI is InChI=1S/C11H11BrN2O2S/c12-8-2-1-3-9(6-8)17-7-10(15)14-5-4-13-11(14)16/h1-3,6H,4-5,7H2,(H,13,16). The number of amides is 3. The van der Waals surface area contributed by atoms with Crippen LogP contribution in [0.5, 0.6) is 0 Å². The van der Waals surface area contributed by atoms with Gasteiger partial charge in [-0.1, -0.05) is 22.0 Å². The molecule has 17 heavy (non-hydrogen) atoms. The first-order chi connectivity index (χ1) is 8.16. The second kappa shape index (κ2) is 5.55. The zero-order valence-corrected chi connectivity index (χ0v) is 11.4. The maximum Gasteiger partial charge on any atom is 0.324 e. The number of hydrogen-bond donors (Lipinski definition) is 1. The lowest BCUT2D eigenvalue weighted by Crippen LogP contribution is -2.35. The van der Waals surface area contributed by atoms with Gasteiger partial charge in [0.05, 0.1) is 5.75 Å². The van der Waals surface area contributed by atoms with Crippen LogP contribution in [0, 0.1) is 0 Å². The Kier molecular flexibility index (Phi) is 4.06. The normalized spacial score (nSPS) is 14.9. The molecule has 1 heterocycles. The van der Waals surface area contributed by atoms with Gasteiger partial charge in [-0.05, 0) is 18.2 Å². The van der Waals surface area contributed by atoms with Crippen LogP contribution >= 0.6 is 27.7 Å². The van der Waals surface area contributed by atoms with Gasteiger partial charge in [-0.15, -0.1) is 11.8 Å². The lowest BCUT2D eigenvalue weighted by atomic mass is 10.4. The molecule has 0 unspecified atom stereocenters. The van der Waals surface area contributed by atoms with E-state index in [1.807, 2.05) is 24.3 Å². The fraction of sp³-hybridized carbons (Fsp3) is 0.273. The van der Waals surface area contributed by atoms with Crippen LogP contribution in [0.15, 0.2) is 33.6 Å². The molecule has 1 saturated heterocycles. The van der Waals surface area contributed by atoms with Gasteiger partial charge in [0.2, 0.25) is 5.91 Å². The van der Waals surface area contributed by atoms with E-state index in [0.717, 1.165) is 9.37 Å². The smallest absolute Gasteiger partial charge is 0.324 e. The van der Waals surface area contributed by atoms with Crippen LogP contribution < -0.4 is 5.32 Å². The second-order valence-electron chi connectivity index (χ2n) is 3.52. The monoisotopic (exact) mass is 314 g/mol. The molecule has 0 aromatic heterocycles. The molecule has 4 nitrogen and oxygen atoms in total. The maximum atomic E-state index is 11.7. The van der Waals surface area contributed by atoms with Crippen LogP contribution in [0.2, 0.25) is 0 Å². The zero-order chi connectivity index (χ0) is 12.3. The summed E-state index contributed by atoms with van der Waals surface area (Å²) in [7, 11) is 0. The van der Waals surface area contributed by atoms with Gasteiger partial charge in [-0.25, -0.2) is 4.79 Å². The van der Waals surface area contributed by atoms with Gasteiger partial charge in [-0.2, -0.15) is 0 Å². The largest absolute Gasteiger partial charge is 0.336 e. The van der Waals surface area contributed by atoms with Gasteiger partial charge in [0, 0.05) is 22.5 Å². The Morgan fingerprint density at radius 2 is 2.35 bits per heavy atom. The van der Waals surface area contributed by atoms with Crippen LogP contribution in [-0.4, -0.2) is 35.7 Å². The molecular weight excluding hydrogens is 304 g/mol. The number of carbonyl (C=O) groups excluding carboxylic acids is 2. The van der Waals surface area contributed by atoms with Crippen molar-refractivity contribution in [1.82, 2.24) is 10.2 Å². The third kappa shape index (κ3) is 3.23. The first-order valence-corrected chi connectivity index (χ1v) is 6.91. The number of halogens is 1. The summed E-state index contributed by atoms with van der Waals surface area (Å²) in [6, 6.07) is 7.44. The van der Waals surface area contributed by atoms with Gasteiger partial charge in [-0.3, -0.25) is 9.69 Å². The fourth-order valence-corrected chi connectivity index (χ4v) is 2.87. The summed E-state index contributed by atoms with van der Waals surface area (Å²) in [4.78, 5) is 25.3. The molecule has 0 saturated carbocycles. The van der Waals surface area contributed by atoms with Crippen molar-refractivity contribution in [2.45, 2.75) is 4.90 Å². The molecule has 0 spiro atoms. The van der Waals surface area contributed by atoms with Crippen LogP contribution in [0.25, 0.3) is 0 Å². The van der Waals surface area contributed by atoms with Crippen LogP contribution in [0.4, 0.5) is 4.79 Å². The van der Waals surface area contributed by atoms with E-state index in [9.17, 15) is 9.59 Å². The first-order valence-electron chi connectivity index (χ1n) is 5.13. The molecule has 0 aliphatic carbocycles. The highest BCUT2D eigenvalue weighted by Crippen LogP contribution is 2.22. The Bertz CT molecular complexity index is 453. The van der Waals surface area contributed by atoms with E-state index < -0.39 is 0 Å². The number of benzene rings is 1. The molecule has 2 rings (SSSR count). The van der Waals surface area contributed by atoms with Crippen LogP contribution in [0.1, 0.15) is 0 Å². The van der Waals surface area contributed by atoms with Crippen molar-refractivity contribution in [3.8, 4) is 0 Å². The van der Waals surface area contributed by atoms with Crippen molar-refractivity contribution >= 4 is 39.6 Å². The summed E-state index contributed by atoms with van der Waals surface area (Å²) in [6.45, 7) is 1.02. The molecule has 3 amide bonds. The molecule has 0 bridgehead atoms. The molecule has 1 aromatic carbocycles. The van der Waals surface area contributed by atoms with E-state index in [-0.39, 0.29) is 17.7 Å². The predicted octanol–water partition coefficient (Wildman–Crippen LogP) is 2.09. The summed E-state index contributed by atoms with van der Waals surface area (Å²) in [5, 5.41) is 2.61. The minimum absolute atomic E-state index is 0.148. The van der Waals surface area contributed by atoms with Crippen LogP contribution in [0.3, 0.4) is 0 Å². The van der Waals surface area contributed by atoms with Gasteiger partial charge in [0.1, 0.15) is 0 Å². The SMILES string of the molecule is O=C(CSc1cccc(Br)c1)N1CCNC1=O. The van der Waals surface area contributed by atoms with Crippen molar-refractivity contribution in [1.29, 1.82) is 0 Å². The Morgan fingerprint density at radius 3 is 3.00 bits per heavy atom. The quantitative estimate of drug-likeness (QED) is 0.869. The van der Waals surface area contributed by atoms with Crippen molar-refractivity contribution < 1.29 is 9.59 Å². The van der Waals surface area contributed by atoms with E-state index in [1.165, 1.54) is 16.7 Å². The molecule has 1 aliphatic heterocycles. The Hall–Kier alpha value is -1.01. The highest BCUT2D eigenvalue weighted by Gasteiger charge is 2.25. The highest BCUT2D eigenvalue weighted by molar-refractivity contribution is 9.10. The fourth-order valence-electron chi connectivity index (χ4n) is 1.49. The number of hydrogen-bond acceptors (Lipinski definition) is 3. The highest BCUT2D eigenvalue weighted by atomic mass is 79.9. The first kappa shape index (κ1) is 12.4. The average molecular weight is 315 g/mol. The Balaban J connectivity index is 1.90. The molecule has 1 aliphatic rings. The predicted molar refractivity (Wildman–Crippen MR) is 70.0 cm³/mol. The number of urea groups is 1. The molecule has 1 N–H and O–H groups in total. The number of imide groups is 1. The van der Waals surface area contributed by atoms with Crippen molar-refractivity contribution in [3.63, 3.8) is 0 Å². The molecule has 0 atom stereocenters. The van der Waals surface area contributed by atoms with Crippen molar-refractivity contribution in [3.05, 3.63) is 28.7 Å². The number of rotatable bonds is 3. The van der Waals surface area contributed by atoms with E-state index >= 15 is 0 Å². The minimum atomic E-state index is -0.287. The molecule has 90 valence electrons. The Labute approximate surface area is 112 Å². The summed E-state index contributed by atoms with van der Waals surface area (Å²) < 4.78 is 0.980. The molecule has 0 radical (unpaired) electrons. The number of carbonyl (C=O) groups is 2. The molecule has 1 aromatic rings. The molecular formula is C11H11BrN2O2S. The lowest BCUT2D eigenvalue weighted by molar-refractivity contribution is -0.124. The number of nitrogens with zero attached hydrogens (tertiary/aromatic N) is 1. The second-order valence-corrected chi connectivity index (χ2v) is 5.49. The summed E-state index contributed by atoms with van der Waals surface area (Å²) in [5.74, 6) is 0.133. The minimum Gasteiger partial charge on any atom is -0.336 e. The summed E-state index contributed by atoms with van der Waals surface area (Å²) in [5.41, 5.74) is 0. The van der Waals surface area contributed by atoms with E-state index in [1.54, 1.807) is 0 Å². The summed E-state index contributed by atoms with van der Waals surface area (Å²) >= 11 is 4.80. The lowest BCUT2D eigenvalue weighted by Gasteiger charge is -2.11. The summed E-state index contributed by atoms with van der Waals surface area (Å²) in [6.07, 6.45) is 0. The zero-order valence-electron chi connectivity index (χ0n) is 8.98. The van der Waals surface area contributed by atoms with E-state index in [2.05, 4.69) is 21.2 Å². The number of thioether (sulfide) groups is 1. The topological polar surface area (TPSA) is 49.4 Å². The van der Waals surface area contributed by atoms with Crippen molar-refractivity contribution in [2.75, 3.05) is 18.8 Å². The van der Waals surface area contributed by atoms with Gasteiger partial charge >= 0.3 is 6.03 Å². The van der Waals surface area contributed by atoms with Gasteiger partial charge in [0.25, 0.3) is 0 Å². The van der Waals surface area contributed by atoms with Crippen LogP contribution in [-0.2, 0) is 4.79 Å². The van der Waals surface area contributed by atoms with Gasteiger partial charge in [0.15, 0.2) is 0 Å². The average Bonchev–Trinajstić information content (AvgIpc) is 2.72. The molecule has 1 fully saturated rings. The molecule has 6 heteroatoms. The maximum absolute atomic E-state index is 11.7. The van der Waals surface area contributed by atoms with E-state index in [0.29, 0.717) is 13.1 Å². The third-order valence-electron chi connectivity index (χ3n) is 2.32. The van der Waals surface area contributed by atoms with E-state index in [4.69, 9.17) is 0 Å². The third-order valence-corrected chi connectivity index (χ3v) is 3.79. The van der Waals surface area contributed by atoms with Crippen molar-refractivity contribution in [2.24, 2.45) is 0 Å². The van der Waals surface area contributed by atoms with Gasteiger partial charge < -0.3 is 5.32 Å².